The molecule has 0 unspecified atom stereocenters. The van der Waals surface area contributed by atoms with Crippen molar-refractivity contribution in [1.29, 1.82) is 0 Å². The first-order chi connectivity index (χ1) is 9.26. The van der Waals surface area contributed by atoms with Crippen LogP contribution in [0.1, 0.15) is 25.3 Å². The zero-order chi connectivity index (χ0) is 13.9. The maximum absolute atomic E-state index is 11.6. The standard InChI is InChI=1S/C16H19NO2/c1-3-14(11-12-17-2)9-10-16(18)19-13-15-7-5-4-6-8-15/h3-8,11-12H,2,9-10,13H2,1H3/b12-11-,14-3-. The number of aliphatic imine (C=N–C) groups is 1. The zero-order valence-electron chi connectivity index (χ0n) is 11.2. The minimum atomic E-state index is -0.192. The van der Waals surface area contributed by atoms with E-state index >= 15 is 0 Å². The van der Waals surface area contributed by atoms with Crippen LogP contribution >= 0.6 is 0 Å². The van der Waals surface area contributed by atoms with E-state index in [2.05, 4.69) is 11.7 Å². The number of ether oxygens (including phenoxy) is 1. The molecule has 19 heavy (non-hydrogen) atoms. The number of hydrogen-bond donors (Lipinski definition) is 0. The van der Waals surface area contributed by atoms with Crippen molar-refractivity contribution in [3.05, 3.63) is 59.8 Å². The Morgan fingerprint density at radius 2 is 2.05 bits per heavy atom. The van der Waals surface area contributed by atoms with Crippen LogP contribution < -0.4 is 0 Å². The molecule has 1 aromatic rings. The van der Waals surface area contributed by atoms with Gasteiger partial charge in [0.15, 0.2) is 0 Å². The number of rotatable bonds is 7. The molecular weight excluding hydrogens is 238 g/mol. The second-order valence-electron chi connectivity index (χ2n) is 4.01. The normalized spacial score (nSPS) is 11.5. The molecule has 0 bridgehead atoms. The van der Waals surface area contributed by atoms with Crippen LogP contribution in [0, 0.1) is 0 Å². The lowest BCUT2D eigenvalue weighted by molar-refractivity contribution is -0.144. The Labute approximate surface area is 114 Å². The van der Waals surface area contributed by atoms with Gasteiger partial charge >= 0.3 is 5.97 Å². The molecule has 0 aliphatic heterocycles. The van der Waals surface area contributed by atoms with E-state index in [0.29, 0.717) is 19.4 Å². The summed E-state index contributed by atoms with van der Waals surface area (Å²) in [6.07, 6.45) is 6.43. The first-order valence-electron chi connectivity index (χ1n) is 6.23. The fourth-order valence-electron chi connectivity index (χ4n) is 1.53. The van der Waals surface area contributed by atoms with Crippen molar-refractivity contribution < 1.29 is 9.53 Å². The molecule has 0 aliphatic rings. The van der Waals surface area contributed by atoms with E-state index in [4.69, 9.17) is 4.74 Å². The zero-order valence-corrected chi connectivity index (χ0v) is 11.2. The minimum Gasteiger partial charge on any atom is -0.461 e. The molecule has 0 saturated carbocycles. The Kier molecular flexibility index (Phi) is 6.95. The quantitative estimate of drug-likeness (QED) is 0.424. The molecule has 0 heterocycles. The van der Waals surface area contributed by atoms with Crippen molar-refractivity contribution in [2.45, 2.75) is 26.4 Å². The molecule has 0 radical (unpaired) electrons. The first-order valence-corrected chi connectivity index (χ1v) is 6.23. The maximum atomic E-state index is 11.6. The second-order valence-corrected chi connectivity index (χ2v) is 4.01. The molecule has 0 spiro atoms. The SMILES string of the molecule is C=N/C=C\C(=C/C)CCC(=O)OCc1ccccc1. The van der Waals surface area contributed by atoms with E-state index in [1.54, 1.807) is 6.20 Å². The van der Waals surface area contributed by atoms with Crippen LogP contribution in [0.4, 0.5) is 0 Å². The fourth-order valence-corrected chi connectivity index (χ4v) is 1.53. The van der Waals surface area contributed by atoms with Gasteiger partial charge in [-0.2, -0.15) is 0 Å². The fraction of sp³-hybridized carbons (Fsp3) is 0.250. The molecule has 0 fully saturated rings. The van der Waals surface area contributed by atoms with Crippen molar-refractivity contribution in [2.24, 2.45) is 4.99 Å². The van der Waals surface area contributed by atoms with E-state index in [-0.39, 0.29) is 5.97 Å². The van der Waals surface area contributed by atoms with E-state index in [9.17, 15) is 4.79 Å². The number of benzene rings is 1. The van der Waals surface area contributed by atoms with Crippen molar-refractivity contribution in [3.63, 3.8) is 0 Å². The molecule has 3 nitrogen and oxygen atoms in total. The maximum Gasteiger partial charge on any atom is 0.306 e. The van der Waals surface area contributed by atoms with Gasteiger partial charge in [0.2, 0.25) is 0 Å². The molecule has 0 atom stereocenters. The summed E-state index contributed by atoms with van der Waals surface area (Å²) in [5.74, 6) is -0.192. The number of esters is 1. The second kappa shape index (κ2) is 8.86. The van der Waals surface area contributed by atoms with Gasteiger partial charge in [-0.3, -0.25) is 9.79 Å². The molecule has 0 aliphatic carbocycles. The highest BCUT2D eigenvalue weighted by atomic mass is 16.5. The van der Waals surface area contributed by atoms with Gasteiger partial charge in [0.1, 0.15) is 6.61 Å². The van der Waals surface area contributed by atoms with Gasteiger partial charge < -0.3 is 4.74 Å². The average molecular weight is 257 g/mol. The number of hydrogen-bond acceptors (Lipinski definition) is 3. The van der Waals surface area contributed by atoms with Gasteiger partial charge in [0.25, 0.3) is 0 Å². The van der Waals surface area contributed by atoms with Crippen LogP contribution in [-0.2, 0) is 16.1 Å². The largest absolute Gasteiger partial charge is 0.461 e. The molecule has 0 N–H and O–H groups in total. The van der Waals surface area contributed by atoms with Crippen LogP contribution in [0.5, 0.6) is 0 Å². The van der Waals surface area contributed by atoms with E-state index in [1.165, 1.54) is 0 Å². The summed E-state index contributed by atoms with van der Waals surface area (Å²) in [5, 5.41) is 0. The molecule has 1 aromatic carbocycles. The summed E-state index contributed by atoms with van der Waals surface area (Å²) in [6.45, 7) is 5.63. The number of allylic oxidation sites excluding steroid dienone is 3. The molecule has 0 amide bonds. The van der Waals surface area contributed by atoms with Crippen molar-refractivity contribution in [1.82, 2.24) is 0 Å². The van der Waals surface area contributed by atoms with Gasteiger partial charge in [-0.25, -0.2) is 0 Å². The molecule has 0 saturated heterocycles. The minimum absolute atomic E-state index is 0.192. The average Bonchev–Trinajstić information content (AvgIpc) is 2.46. The third-order valence-electron chi connectivity index (χ3n) is 2.63. The molecule has 100 valence electrons. The highest BCUT2D eigenvalue weighted by Crippen LogP contribution is 2.09. The van der Waals surface area contributed by atoms with E-state index in [1.807, 2.05) is 49.4 Å². The summed E-state index contributed by atoms with van der Waals surface area (Å²) in [7, 11) is 0. The van der Waals surface area contributed by atoms with Crippen LogP contribution in [0.25, 0.3) is 0 Å². The Balaban J connectivity index is 2.32. The van der Waals surface area contributed by atoms with Gasteiger partial charge in [0.05, 0.1) is 0 Å². The van der Waals surface area contributed by atoms with E-state index in [0.717, 1.165) is 11.1 Å². The Hall–Kier alpha value is -2.16. The molecule has 3 heteroatoms. The van der Waals surface area contributed by atoms with Crippen LogP contribution in [0.2, 0.25) is 0 Å². The van der Waals surface area contributed by atoms with Crippen LogP contribution in [0.3, 0.4) is 0 Å². The summed E-state index contributed by atoms with van der Waals surface area (Å²) >= 11 is 0. The lowest BCUT2D eigenvalue weighted by Gasteiger charge is -2.05. The van der Waals surface area contributed by atoms with Crippen LogP contribution in [0.15, 0.2) is 59.2 Å². The monoisotopic (exact) mass is 257 g/mol. The van der Waals surface area contributed by atoms with Crippen molar-refractivity contribution in [3.8, 4) is 0 Å². The highest BCUT2D eigenvalue weighted by molar-refractivity contribution is 5.69. The third-order valence-corrected chi connectivity index (χ3v) is 2.63. The molecular formula is C16H19NO2. The Bertz CT molecular complexity index is 461. The number of carbonyl (C=O) groups is 1. The van der Waals surface area contributed by atoms with Crippen LogP contribution in [-0.4, -0.2) is 12.7 Å². The van der Waals surface area contributed by atoms with Gasteiger partial charge in [-0.15, -0.1) is 0 Å². The first kappa shape index (κ1) is 14.9. The lowest BCUT2D eigenvalue weighted by Crippen LogP contribution is -2.04. The summed E-state index contributed by atoms with van der Waals surface area (Å²) in [6, 6.07) is 9.65. The predicted molar refractivity (Wildman–Crippen MR) is 77.9 cm³/mol. The molecule has 0 aromatic heterocycles. The Morgan fingerprint density at radius 3 is 2.68 bits per heavy atom. The van der Waals surface area contributed by atoms with Gasteiger partial charge in [-0.05, 0) is 31.7 Å². The van der Waals surface area contributed by atoms with Crippen molar-refractivity contribution >= 4 is 12.7 Å². The number of nitrogens with zero attached hydrogens (tertiary/aromatic N) is 1. The smallest absolute Gasteiger partial charge is 0.306 e. The highest BCUT2D eigenvalue weighted by Gasteiger charge is 2.04. The van der Waals surface area contributed by atoms with E-state index < -0.39 is 0 Å². The summed E-state index contributed by atoms with van der Waals surface area (Å²) in [5.41, 5.74) is 2.04. The number of carbonyl (C=O) groups excluding carboxylic acids is 1. The summed E-state index contributed by atoms with van der Waals surface area (Å²) in [4.78, 5) is 15.2. The van der Waals surface area contributed by atoms with Crippen molar-refractivity contribution in [2.75, 3.05) is 0 Å². The summed E-state index contributed by atoms with van der Waals surface area (Å²) < 4.78 is 5.20. The lowest BCUT2D eigenvalue weighted by atomic mass is 10.1. The predicted octanol–water partition coefficient (Wildman–Crippen LogP) is 3.67. The Morgan fingerprint density at radius 1 is 1.32 bits per heavy atom. The topological polar surface area (TPSA) is 38.7 Å². The molecule has 1 rings (SSSR count). The van der Waals surface area contributed by atoms with Gasteiger partial charge in [-0.1, -0.05) is 42.0 Å². The third kappa shape index (κ3) is 6.36. The van der Waals surface area contributed by atoms with Gasteiger partial charge in [0, 0.05) is 12.6 Å².